The second kappa shape index (κ2) is 6.09. The van der Waals surface area contributed by atoms with Crippen LogP contribution in [0, 0.1) is 0 Å². The molecule has 2 N–H and O–H groups in total. The fourth-order valence-corrected chi connectivity index (χ4v) is 2.17. The molecule has 2 aromatic rings. The summed E-state index contributed by atoms with van der Waals surface area (Å²) >= 11 is 6.19. The van der Waals surface area contributed by atoms with E-state index in [1.165, 1.54) is 0 Å². The summed E-state index contributed by atoms with van der Waals surface area (Å²) in [5.41, 5.74) is 8.73. The average Bonchev–Trinajstić information content (AvgIpc) is 2.38. The highest BCUT2D eigenvalue weighted by molar-refractivity contribution is 6.31. The zero-order valence-electron chi connectivity index (χ0n) is 11.2. The maximum absolute atomic E-state index is 6.19. The number of halogens is 1. The van der Waals surface area contributed by atoms with E-state index >= 15 is 0 Å². The van der Waals surface area contributed by atoms with Gasteiger partial charge in [0.15, 0.2) is 0 Å². The van der Waals surface area contributed by atoms with Gasteiger partial charge in [-0.1, -0.05) is 35.9 Å². The summed E-state index contributed by atoms with van der Waals surface area (Å²) in [6.45, 7) is 4.48. The van der Waals surface area contributed by atoms with Crippen LogP contribution in [0.5, 0.6) is 5.75 Å². The lowest BCUT2D eigenvalue weighted by atomic mass is 10.0. The van der Waals surface area contributed by atoms with Gasteiger partial charge in [0.25, 0.3) is 0 Å². The van der Waals surface area contributed by atoms with E-state index in [9.17, 15) is 0 Å². The Morgan fingerprint density at radius 1 is 1.11 bits per heavy atom. The largest absolute Gasteiger partial charge is 0.491 e. The molecule has 2 nitrogen and oxygen atoms in total. The van der Waals surface area contributed by atoms with Crippen LogP contribution in [-0.2, 0) is 6.54 Å². The monoisotopic (exact) mass is 275 g/mol. The van der Waals surface area contributed by atoms with Gasteiger partial charge in [-0.05, 0) is 48.7 Å². The van der Waals surface area contributed by atoms with Crippen molar-refractivity contribution in [3.05, 3.63) is 53.1 Å². The number of hydrogen-bond donors (Lipinski definition) is 1. The van der Waals surface area contributed by atoms with E-state index in [0.29, 0.717) is 11.6 Å². The molecule has 0 aliphatic heterocycles. The zero-order valence-corrected chi connectivity index (χ0v) is 11.9. The van der Waals surface area contributed by atoms with Crippen molar-refractivity contribution in [2.45, 2.75) is 26.5 Å². The van der Waals surface area contributed by atoms with E-state index < -0.39 is 0 Å². The lowest BCUT2D eigenvalue weighted by Crippen LogP contribution is -2.05. The van der Waals surface area contributed by atoms with Crippen molar-refractivity contribution in [2.75, 3.05) is 0 Å². The Balaban J connectivity index is 2.33. The minimum Gasteiger partial charge on any atom is -0.491 e. The van der Waals surface area contributed by atoms with E-state index in [-0.39, 0.29) is 6.10 Å². The van der Waals surface area contributed by atoms with Gasteiger partial charge in [-0.3, -0.25) is 0 Å². The van der Waals surface area contributed by atoms with Gasteiger partial charge < -0.3 is 10.5 Å². The zero-order chi connectivity index (χ0) is 13.8. The molecular weight excluding hydrogens is 258 g/mol. The van der Waals surface area contributed by atoms with Gasteiger partial charge in [-0.15, -0.1) is 0 Å². The number of benzene rings is 2. The molecule has 0 unspecified atom stereocenters. The molecular formula is C16H18ClNO. The molecule has 19 heavy (non-hydrogen) atoms. The molecule has 3 heteroatoms. The molecule has 0 saturated heterocycles. The van der Waals surface area contributed by atoms with E-state index in [0.717, 1.165) is 22.4 Å². The molecule has 100 valence electrons. The van der Waals surface area contributed by atoms with Gasteiger partial charge in [-0.25, -0.2) is 0 Å². The molecule has 0 atom stereocenters. The standard InChI is InChI=1S/C16H18ClNO/c1-11(2)19-15-5-3-4-12(8-15)13-6-7-14(10-18)16(17)9-13/h3-9,11H,10,18H2,1-2H3. The first-order valence-electron chi connectivity index (χ1n) is 6.35. The van der Waals surface area contributed by atoms with Crippen LogP contribution in [0.2, 0.25) is 5.02 Å². The van der Waals surface area contributed by atoms with Crippen LogP contribution in [0.25, 0.3) is 11.1 Å². The van der Waals surface area contributed by atoms with Crippen LogP contribution in [0.3, 0.4) is 0 Å². The third-order valence-electron chi connectivity index (χ3n) is 2.81. The van der Waals surface area contributed by atoms with Gasteiger partial charge in [0.2, 0.25) is 0 Å². The highest BCUT2D eigenvalue weighted by atomic mass is 35.5. The Morgan fingerprint density at radius 2 is 1.84 bits per heavy atom. The maximum Gasteiger partial charge on any atom is 0.120 e. The topological polar surface area (TPSA) is 35.2 Å². The highest BCUT2D eigenvalue weighted by Crippen LogP contribution is 2.28. The number of rotatable bonds is 4. The molecule has 0 aromatic heterocycles. The van der Waals surface area contributed by atoms with Crippen molar-refractivity contribution in [3.8, 4) is 16.9 Å². The van der Waals surface area contributed by atoms with Gasteiger partial charge in [-0.2, -0.15) is 0 Å². The first-order valence-corrected chi connectivity index (χ1v) is 6.73. The number of ether oxygens (including phenoxy) is 1. The molecule has 0 spiro atoms. The molecule has 0 aliphatic rings. The summed E-state index contributed by atoms with van der Waals surface area (Å²) in [5, 5.41) is 0.704. The summed E-state index contributed by atoms with van der Waals surface area (Å²) in [6, 6.07) is 13.9. The quantitative estimate of drug-likeness (QED) is 0.905. The molecule has 0 bridgehead atoms. The van der Waals surface area contributed by atoms with E-state index in [2.05, 4.69) is 0 Å². The lowest BCUT2D eigenvalue weighted by Gasteiger charge is -2.11. The molecule has 0 amide bonds. The smallest absolute Gasteiger partial charge is 0.120 e. The highest BCUT2D eigenvalue weighted by Gasteiger charge is 2.04. The predicted octanol–water partition coefficient (Wildman–Crippen LogP) is 4.25. The van der Waals surface area contributed by atoms with Crippen LogP contribution >= 0.6 is 11.6 Å². The van der Waals surface area contributed by atoms with Crippen molar-refractivity contribution < 1.29 is 4.74 Å². The Hall–Kier alpha value is -1.51. The van der Waals surface area contributed by atoms with E-state index in [4.69, 9.17) is 22.1 Å². The van der Waals surface area contributed by atoms with Crippen molar-refractivity contribution >= 4 is 11.6 Å². The van der Waals surface area contributed by atoms with Crippen LogP contribution in [-0.4, -0.2) is 6.10 Å². The molecule has 0 saturated carbocycles. The van der Waals surface area contributed by atoms with Crippen LogP contribution in [0.4, 0.5) is 0 Å². The summed E-state index contributed by atoms with van der Waals surface area (Å²) in [5.74, 6) is 0.867. The third-order valence-corrected chi connectivity index (χ3v) is 3.16. The van der Waals surface area contributed by atoms with Crippen molar-refractivity contribution in [1.82, 2.24) is 0 Å². The third kappa shape index (κ3) is 3.49. The van der Waals surface area contributed by atoms with Crippen LogP contribution in [0.1, 0.15) is 19.4 Å². The minimum absolute atomic E-state index is 0.165. The van der Waals surface area contributed by atoms with Crippen LogP contribution in [0.15, 0.2) is 42.5 Å². The van der Waals surface area contributed by atoms with Gasteiger partial charge >= 0.3 is 0 Å². The predicted molar refractivity (Wildman–Crippen MR) is 80.5 cm³/mol. The van der Waals surface area contributed by atoms with Gasteiger partial charge in [0.05, 0.1) is 6.10 Å². The molecule has 0 fully saturated rings. The van der Waals surface area contributed by atoms with E-state index in [1.54, 1.807) is 0 Å². The van der Waals surface area contributed by atoms with Crippen molar-refractivity contribution in [2.24, 2.45) is 5.73 Å². The molecule has 0 heterocycles. The second-order valence-electron chi connectivity index (χ2n) is 4.70. The second-order valence-corrected chi connectivity index (χ2v) is 5.11. The Labute approximate surface area is 119 Å². The number of nitrogens with two attached hydrogens (primary N) is 1. The minimum atomic E-state index is 0.165. The Morgan fingerprint density at radius 3 is 2.47 bits per heavy atom. The van der Waals surface area contributed by atoms with Crippen LogP contribution < -0.4 is 10.5 Å². The average molecular weight is 276 g/mol. The Kier molecular flexibility index (Phi) is 4.46. The number of hydrogen-bond acceptors (Lipinski definition) is 2. The molecule has 0 aliphatic carbocycles. The van der Waals surface area contributed by atoms with Gasteiger partial charge in [0.1, 0.15) is 5.75 Å². The SMILES string of the molecule is CC(C)Oc1cccc(-c2ccc(CN)c(Cl)c2)c1. The maximum atomic E-state index is 6.19. The molecule has 2 rings (SSSR count). The summed E-state index contributed by atoms with van der Waals surface area (Å²) in [6.07, 6.45) is 0.165. The fraction of sp³-hybridized carbons (Fsp3) is 0.250. The summed E-state index contributed by atoms with van der Waals surface area (Å²) < 4.78 is 5.70. The van der Waals surface area contributed by atoms with Gasteiger partial charge in [0, 0.05) is 11.6 Å². The summed E-state index contributed by atoms with van der Waals surface area (Å²) in [4.78, 5) is 0. The van der Waals surface area contributed by atoms with Crippen molar-refractivity contribution in [1.29, 1.82) is 0 Å². The fourth-order valence-electron chi connectivity index (χ4n) is 1.91. The lowest BCUT2D eigenvalue weighted by molar-refractivity contribution is 0.242. The molecule has 2 aromatic carbocycles. The Bertz CT molecular complexity index is 566. The molecule has 0 radical (unpaired) electrons. The van der Waals surface area contributed by atoms with E-state index in [1.807, 2.05) is 56.3 Å². The normalized spacial score (nSPS) is 10.8. The van der Waals surface area contributed by atoms with Crippen molar-refractivity contribution in [3.63, 3.8) is 0 Å². The summed E-state index contributed by atoms with van der Waals surface area (Å²) in [7, 11) is 0. The first-order chi connectivity index (χ1) is 9.10. The first kappa shape index (κ1) is 13.9.